The second-order valence-electron chi connectivity index (χ2n) is 6.66. The number of ether oxygens (including phenoxy) is 3. The van der Waals surface area contributed by atoms with Crippen LogP contribution in [0.2, 0.25) is 0 Å². The van der Waals surface area contributed by atoms with Gasteiger partial charge in [0.1, 0.15) is 23.8 Å². The maximum absolute atomic E-state index is 12.7. The molecule has 0 saturated carbocycles. The van der Waals surface area contributed by atoms with Crippen molar-refractivity contribution in [1.29, 1.82) is 0 Å². The van der Waals surface area contributed by atoms with E-state index in [2.05, 4.69) is 5.16 Å². The summed E-state index contributed by atoms with van der Waals surface area (Å²) in [6.07, 6.45) is 0. The van der Waals surface area contributed by atoms with Crippen LogP contribution < -0.4 is 9.47 Å². The van der Waals surface area contributed by atoms with Gasteiger partial charge >= 0.3 is 0 Å². The molecule has 2 aromatic carbocycles. The van der Waals surface area contributed by atoms with Gasteiger partial charge in [-0.05, 0) is 36.4 Å². The van der Waals surface area contributed by atoms with Gasteiger partial charge < -0.3 is 18.7 Å². The van der Waals surface area contributed by atoms with Crippen LogP contribution in [0.5, 0.6) is 11.5 Å². The molecule has 0 aliphatic carbocycles. The molecule has 0 unspecified atom stereocenters. The van der Waals surface area contributed by atoms with Crippen molar-refractivity contribution in [1.82, 2.24) is 9.46 Å². The Kier molecular flexibility index (Phi) is 6.03. The maximum atomic E-state index is 12.7. The standard InChI is InChI=1S/C21H22N2O6S/c1-26-21-5-3-2-4-19(21)20-14-17(29-22-20)15-28-16-6-8-18(9-7-16)30(24,25)23-10-12-27-13-11-23/h2-9,14H,10-13,15H2,1H3. The van der Waals surface area contributed by atoms with Gasteiger partial charge in [0.15, 0.2) is 5.76 Å². The molecule has 0 atom stereocenters. The maximum Gasteiger partial charge on any atom is 0.243 e. The van der Waals surface area contributed by atoms with Crippen molar-refractivity contribution < 1.29 is 27.2 Å². The Bertz CT molecular complexity index is 1090. The van der Waals surface area contributed by atoms with Gasteiger partial charge in [-0.15, -0.1) is 0 Å². The van der Waals surface area contributed by atoms with E-state index in [0.29, 0.717) is 49.3 Å². The molecule has 3 aromatic rings. The van der Waals surface area contributed by atoms with E-state index in [0.717, 1.165) is 5.56 Å². The Morgan fingerprint density at radius 2 is 1.80 bits per heavy atom. The molecule has 0 amide bonds. The van der Waals surface area contributed by atoms with Gasteiger partial charge in [-0.1, -0.05) is 17.3 Å². The third-order valence-corrected chi connectivity index (χ3v) is 6.67. The van der Waals surface area contributed by atoms with Gasteiger partial charge in [0.2, 0.25) is 10.0 Å². The first-order chi connectivity index (χ1) is 14.6. The number of rotatable bonds is 7. The minimum Gasteiger partial charge on any atom is -0.496 e. The van der Waals surface area contributed by atoms with Crippen molar-refractivity contribution in [3.63, 3.8) is 0 Å². The highest BCUT2D eigenvalue weighted by molar-refractivity contribution is 7.89. The van der Waals surface area contributed by atoms with E-state index in [9.17, 15) is 8.42 Å². The molecule has 0 radical (unpaired) electrons. The third-order valence-electron chi connectivity index (χ3n) is 4.75. The predicted molar refractivity (Wildman–Crippen MR) is 109 cm³/mol. The highest BCUT2D eigenvalue weighted by atomic mass is 32.2. The van der Waals surface area contributed by atoms with Gasteiger partial charge in [-0.3, -0.25) is 0 Å². The lowest BCUT2D eigenvalue weighted by Crippen LogP contribution is -2.40. The van der Waals surface area contributed by atoms with Gasteiger partial charge in [0.25, 0.3) is 0 Å². The molecular weight excluding hydrogens is 408 g/mol. The van der Waals surface area contributed by atoms with Crippen molar-refractivity contribution >= 4 is 10.0 Å². The van der Waals surface area contributed by atoms with E-state index >= 15 is 0 Å². The Morgan fingerprint density at radius 3 is 2.53 bits per heavy atom. The number of sulfonamides is 1. The van der Waals surface area contributed by atoms with Crippen LogP contribution in [0, 0.1) is 0 Å². The lowest BCUT2D eigenvalue weighted by molar-refractivity contribution is 0.0730. The lowest BCUT2D eigenvalue weighted by Gasteiger charge is -2.26. The molecule has 1 aliphatic heterocycles. The van der Waals surface area contributed by atoms with E-state index in [1.54, 1.807) is 37.4 Å². The normalized spacial score (nSPS) is 15.1. The van der Waals surface area contributed by atoms with Gasteiger partial charge in [0.05, 0.1) is 25.2 Å². The lowest BCUT2D eigenvalue weighted by atomic mass is 10.1. The summed E-state index contributed by atoms with van der Waals surface area (Å²) >= 11 is 0. The fourth-order valence-electron chi connectivity index (χ4n) is 3.16. The largest absolute Gasteiger partial charge is 0.496 e. The zero-order chi connectivity index (χ0) is 21.0. The molecule has 4 rings (SSSR count). The molecule has 0 spiro atoms. The Balaban J connectivity index is 1.41. The molecule has 9 heteroatoms. The summed E-state index contributed by atoms with van der Waals surface area (Å²) in [5.74, 6) is 1.78. The first-order valence-electron chi connectivity index (χ1n) is 9.47. The molecular formula is C21H22N2O6S. The summed E-state index contributed by atoms with van der Waals surface area (Å²) in [6.45, 7) is 1.71. The van der Waals surface area contributed by atoms with Crippen LogP contribution in [0.25, 0.3) is 11.3 Å². The predicted octanol–water partition coefficient (Wildman–Crippen LogP) is 2.95. The first kappa shape index (κ1) is 20.4. The number of morpholine rings is 1. The summed E-state index contributed by atoms with van der Waals surface area (Å²) in [7, 11) is -1.92. The Hall–Kier alpha value is -2.88. The van der Waals surface area contributed by atoms with Crippen LogP contribution in [0.1, 0.15) is 5.76 Å². The molecule has 1 aliphatic rings. The second kappa shape index (κ2) is 8.86. The summed E-state index contributed by atoms with van der Waals surface area (Å²) in [5, 5.41) is 4.08. The molecule has 1 fully saturated rings. The number of para-hydroxylation sites is 1. The van der Waals surface area contributed by atoms with Crippen LogP contribution in [0.4, 0.5) is 0 Å². The molecule has 0 N–H and O–H groups in total. The second-order valence-corrected chi connectivity index (χ2v) is 8.59. The van der Waals surface area contributed by atoms with Crippen molar-refractivity contribution in [2.75, 3.05) is 33.4 Å². The molecule has 1 aromatic heterocycles. The quantitative estimate of drug-likeness (QED) is 0.569. The summed E-state index contributed by atoms with van der Waals surface area (Å²) in [5.41, 5.74) is 1.48. The van der Waals surface area contributed by atoms with Crippen LogP contribution in [0.3, 0.4) is 0 Å². The SMILES string of the molecule is COc1ccccc1-c1cc(COc2ccc(S(=O)(=O)N3CCOCC3)cc2)on1. The highest BCUT2D eigenvalue weighted by Gasteiger charge is 2.26. The average molecular weight is 430 g/mol. The van der Waals surface area contributed by atoms with Gasteiger partial charge in [-0.2, -0.15) is 4.31 Å². The van der Waals surface area contributed by atoms with Crippen LogP contribution >= 0.6 is 0 Å². The van der Waals surface area contributed by atoms with E-state index in [-0.39, 0.29) is 11.5 Å². The van der Waals surface area contributed by atoms with Crippen molar-refractivity contribution in [3.8, 4) is 22.8 Å². The molecule has 158 valence electrons. The summed E-state index contributed by atoms with van der Waals surface area (Å²) < 4.78 is 48.4. The Labute approximate surface area is 175 Å². The molecule has 30 heavy (non-hydrogen) atoms. The first-order valence-corrected chi connectivity index (χ1v) is 10.9. The number of aromatic nitrogens is 1. The molecule has 2 heterocycles. The van der Waals surface area contributed by atoms with E-state index < -0.39 is 10.0 Å². The van der Waals surface area contributed by atoms with Crippen LogP contribution in [-0.2, 0) is 21.4 Å². The van der Waals surface area contributed by atoms with Gasteiger partial charge in [-0.25, -0.2) is 8.42 Å². The van der Waals surface area contributed by atoms with Crippen LogP contribution in [0.15, 0.2) is 64.0 Å². The average Bonchev–Trinajstić information content (AvgIpc) is 3.27. The van der Waals surface area contributed by atoms with Gasteiger partial charge in [0, 0.05) is 24.7 Å². The summed E-state index contributed by atoms with van der Waals surface area (Å²) in [4.78, 5) is 0.231. The number of hydrogen-bond acceptors (Lipinski definition) is 7. The van der Waals surface area contributed by atoms with Crippen LogP contribution in [-0.4, -0.2) is 51.3 Å². The minimum absolute atomic E-state index is 0.164. The monoisotopic (exact) mass is 430 g/mol. The molecule has 8 nitrogen and oxygen atoms in total. The smallest absolute Gasteiger partial charge is 0.243 e. The third kappa shape index (κ3) is 4.33. The van der Waals surface area contributed by atoms with Crippen molar-refractivity contribution in [2.45, 2.75) is 11.5 Å². The van der Waals surface area contributed by atoms with Crippen molar-refractivity contribution in [3.05, 3.63) is 60.4 Å². The van der Waals surface area contributed by atoms with E-state index in [1.807, 2.05) is 24.3 Å². The zero-order valence-corrected chi connectivity index (χ0v) is 17.3. The zero-order valence-electron chi connectivity index (χ0n) is 16.5. The number of benzene rings is 2. The number of nitrogens with zero attached hydrogens (tertiary/aromatic N) is 2. The number of hydrogen-bond donors (Lipinski definition) is 0. The number of methoxy groups -OCH3 is 1. The Morgan fingerprint density at radius 1 is 1.07 bits per heavy atom. The summed E-state index contributed by atoms with van der Waals surface area (Å²) in [6, 6.07) is 15.7. The van der Waals surface area contributed by atoms with E-state index in [1.165, 1.54) is 4.31 Å². The topological polar surface area (TPSA) is 91.1 Å². The molecule has 1 saturated heterocycles. The highest BCUT2D eigenvalue weighted by Crippen LogP contribution is 2.29. The minimum atomic E-state index is -3.52. The molecule has 0 bridgehead atoms. The fraction of sp³-hybridized carbons (Fsp3) is 0.286. The fourth-order valence-corrected chi connectivity index (χ4v) is 4.57. The van der Waals surface area contributed by atoms with E-state index in [4.69, 9.17) is 18.7 Å². The van der Waals surface area contributed by atoms with Crippen molar-refractivity contribution in [2.24, 2.45) is 0 Å².